The van der Waals surface area contributed by atoms with Crippen LogP contribution in [0, 0.1) is 13.8 Å². The summed E-state index contributed by atoms with van der Waals surface area (Å²) in [6, 6.07) is 9.99. The molecule has 1 aromatic heterocycles. The molecule has 0 bridgehead atoms. The molecule has 0 aliphatic carbocycles. The quantitative estimate of drug-likeness (QED) is 0.856. The molecule has 0 saturated heterocycles. The van der Waals surface area contributed by atoms with Crippen molar-refractivity contribution in [2.75, 3.05) is 5.73 Å². The molecule has 0 fully saturated rings. The van der Waals surface area contributed by atoms with Crippen molar-refractivity contribution in [2.24, 2.45) is 0 Å². The lowest BCUT2D eigenvalue weighted by atomic mass is 10.3. The number of ether oxygens (including phenoxy) is 1. The number of pyridine rings is 1. The van der Waals surface area contributed by atoms with Crippen LogP contribution in [0.1, 0.15) is 25.1 Å². The molecule has 2 rings (SSSR count). The van der Waals surface area contributed by atoms with Crippen LogP contribution in [0.5, 0.6) is 5.75 Å². The van der Waals surface area contributed by atoms with Gasteiger partial charge in [-0.2, -0.15) is 0 Å². The number of anilines is 1. The van der Waals surface area contributed by atoms with E-state index in [0.29, 0.717) is 5.69 Å². The number of nitrogen functional groups attached to an aromatic ring is 1. The number of nitrogens with zero attached hydrogens (tertiary/aromatic N) is 1. The standard InChI is InChI=1S/C16H20N2OS/c1-10(2)19-15-9-13(5-6-14(15)17)20-16-8-11(3)7-12(4)18-16/h5-10H,17H2,1-4H3. The average Bonchev–Trinajstić information content (AvgIpc) is 2.31. The predicted octanol–water partition coefficient (Wildman–Crippen LogP) is 4.22. The summed E-state index contributed by atoms with van der Waals surface area (Å²) in [5.74, 6) is 0.731. The Morgan fingerprint density at radius 3 is 2.55 bits per heavy atom. The molecule has 4 heteroatoms. The summed E-state index contributed by atoms with van der Waals surface area (Å²) in [4.78, 5) is 5.61. The van der Waals surface area contributed by atoms with Crippen LogP contribution < -0.4 is 10.5 Å². The third-order valence-electron chi connectivity index (χ3n) is 2.64. The van der Waals surface area contributed by atoms with E-state index in [-0.39, 0.29) is 6.10 Å². The van der Waals surface area contributed by atoms with E-state index in [1.54, 1.807) is 11.8 Å². The lowest BCUT2D eigenvalue weighted by Crippen LogP contribution is -2.07. The highest BCUT2D eigenvalue weighted by Crippen LogP contribution is 2.33. The Labute approximate surface area is 124 Å². The van der Waals surface area contributed by atoms with Crippen molar-refractivity contribution in [3.05, 3.63) is 41.6 Å². The fourth-order valence-corrected chi connectivity index (χ4v) is 2.89. The second-order valence-corrected chi connectivity index (χ2v) is 6.19. The minimum absolute atomic E-state index is 0.108. The Kier molecular flexibility index (Phi) is 4.55. The van der Waals surface area contributed by atoms with Gasteiger partial charge < -0.3 is 10.5 Å². The third kappa shape index (κ3) is 3.90. The van der Waals surface area contributed by atoms with Crippen molar-refractivity contribution >= 4 is 17.4 Å². The molecule has 0 atom stereocenters. The molecule has 106 valence electrons. The van der Waals surface area contributed by atoms with Crippen LogP contribution in [-0.4, -0.2) is 11.1 Å². The molecule has 0 saturated carbocycles. The molecule has 0 spiro atoms. The Balaban J connectivity index is 2.25. The van der Waals surface area contributed by atoms with E-state index >= 15 is 0 Å². The van der Waals surface area contributed by atoms with Gasteiger partial charge in [-0.3, -0.25) is 0 Å². The smallest absolute Gasteiger partial charge is 0.143 e. The van der Waals surface area contributed by atoms with Gasteiger partial charge in [0.05, 0.1) is 11.8 Å². The molecule has 0 radical (unpaired) electrons. The van der Waals surface area contributed by atoms with Gasteiger partial charge in [-0.15, -0.1) is 0 Å². The van der Waals surface area contributed by atoms with Crippen LogP contribution in [-0.2, 0) is 0 Å². The molecular formula is C16H20N2OS. The fraction of sp³-hybridized carbons (Fsp3) is 0.312. The number of nitrogens with two attached hydrogens (primary N) is 1. The van der Waals surface area contributed by atoms with Crippen molar-refractivity contribution in [3.63, 3.8) is 0 Å². The Morgan fingerprint density at radius 1 is 1.15 bits per heavy atom. The summed E-state index contributed by atoms with van der Waals surface area (Å²) in [5, 5.41) is 0.989. The highest BCUT2D eigenvalue weighted by Gasteiger charge is 2.07. The zero-order chi connectivity index (χ0) is 14.7. The SMILES string of the molecule is Cc1cc(C)nc(Sc2ccc(N)c(OC(C)C)c2)c1. The van der Waals surface area contributed by atoms with Gasteiger partial charge in [-0.1, -0.05) is 11.8 Å². The summed E-state index contributed by atoms with van der Waals surface area (Å²) in [5.41, 5.74) is 8.84. The summed E-state index contributed by atoms with van der Waals surface area (Å²) < 4.78 is 5.71. The monoisotopic (exact) mass is 288 g/mol. The first-order chi connectivity index (χ1) is 9.44. The number of aryl methyl sites for hydroxylation is 2. The molecule has 1 aromatic carbocycles. The van der Waals surface area contributed by atoms with Gasteiger partial charge >= 0.3 is 0 Å². The molecule has 1 heterocycles. The molecule has 0 aliphatic heterocycles. The second-order valence-electron chi connectivity index (χ2n) is 5.09. The lowest BCUT2D eigenvalue weighted by molar-refractivity contribution is 0.243. The number of benzene rings is 1. The van der Waals surface area contributed by atoms with Crippen LogP contribution >= 0.6 is 11.8 Å². The average molecular weight is 288 g/mol. The highest BCUT2D eigenvalue weighted by molar-refractivity contribution is 7.99. The van der Waals surface area contributed by atoms with Crippen molar-refractivity contribution in [1.29, 1.82) is 0 Å². The fourth-order valence-electron chi connectivity index (χ4n) is 1.91. The van der Waals surface area contributed by atoms with E-state index in [4.69, 9.17) is 10.5 Å². The minimum Gasteiger partial charge on any atom is -0.489 e. The molecule has 2 N–H and O–H groups in total. The topological polar surface area (TPSA) is 48.1 Å². The number of hydrogen-bond acceptors (Lipinski definition) is 4. The molecule has 0 unspecified atom stereocenters. The second kappa shape index (κ2) is 6.18. The van der Waals surface area contributed by atoms with E-state index in [1.165, 1.54) is 5.56 Å². The van der Waals surface area contributed by atoms with Crippen LogP contribution in [0.2, 0.25) is 0 Å². The first kappa shape index (κ1) is 14.7. The minimum atomic E-state index is 0.108. The Bertz CT molecular complexity index is 591. The van der Waals surface area contributed by atoms with Crippen LogP contribution in [0.4, 0.5) is 5.69 Å². The van der Waals surface area contributed by atoms with Gasteiger partial charge in [0.1, 0.15) is 10.8 Å². The van der Waals surface area contributed by atoms with Gasteiger partial charge in [0, 0.05) is 10.6 Å². The first-order valence-electron chi connectivity index (χ1n) is 6.63. The molecule has 2 aromatic rings. The normalized spacial score (nSPS) is 10.8. The summed E-state index contributed by atoms with van der Waals surface area (Å²) >= 11 is 1.62. The molecule has 0 amide bonds. The van der Waals surface area contributed by atoms with Crippen molar-refractivity contribution in [2.45, 2.75) is 43.7 Å². The van der Waals surface area contributed by atoms with Gasteiger partial charge in [-0.25, -0.2) is 4.98 Å². The third-order valence-corrected chi connectivity index (χ3v) is 3.55. The molecule has 0 aliphatic rings. The van der Waals surface area contributed by atoms with E-state index in [2.05, 4.69) is 24.0 Å². The van der Waals surface area contributed by atoms with Crippen LogP contribution in [0.25, 0.3) is 0 Å². The highest BCUT2D eigenvalue weighted by atomic mass is 32.2. The van der Waals surface area contributed by atoms with Crippen LogP contribution in [0.3, 0.4) is 0 Å². The largest absolute Gasteiger partial charge is 0.489 e. The zero-order valence-electron chi connectivity index (χ0n) is 12.3. The van der Waals surface area contributed by atoms with Crippen molar-refractivity contribution < 1.29 is 4.74 Å². The van der Waals surface area contributed by atoms with E-state index in [9.17, 15) is 0 Å². The molecule has 20 heavy (non-hydrogen) atoms. The maximum atomic E-state index is 5.93. The number of aromatic nitrogens is 1. The summed E-state index contributed by atoms with van der Waals surface area (Å²) in [7, 11) is 0. The van der Waals surface area contributed by atoms with Crippen molar-refractivity contribution in [3.8, 4) is 5.75 Å². The predicted molar refractivity (Wildman–Crippen MR) is 84.5 cm³/mol. The number of hydrogen-bond donors (Lipinski definition) is 1. The van der Waals surface area contributed by atoms with E-state index in [0.717, 1.165) is 21.4 Å². The summed E-state index contributed by atoms with van der Waals surface area (Å²) in [6.45, 7) is 8.07. The summed E-state index contributed by atoms with van der Waals surface area (Å²) in [6.07, 6.45) is 0.108. The first-order valence-corrected chi connectivity index (χ1v) is 7.45. The molecular weight excluding hydrogens is 268 g/mol. The van der Waals surface area contributed by atoms with E-state index in [1.807, 2.05) is 39.0 Å². The van der Waals surface area contributed by atoms with Gasteiger partial charge in [-0.05, 0) is 63.6 Å². The van der Waals surface area contributed by atoms with Gasteiger partial charge in [0.25, 0.3) is 0 Å². The zero-order valence-corrected chi connectivity index (χ0v) is 13.1. The Morgan fingerprint density at radius 2 is 1.90 bits per heavy atom. The Hall–Kier alpha value is -1.68. The van der Waals surface area contributed by atoms with Gasteiger partial charge in [0.15, 0.2) is 0 Å². The maximum absolute atomic E-state index is 5.93. The molecule has 3 nitrogen and oxygen atoms in total. The van der Waals surface area contributed by atoms with Gasteiger partial charge in [0.2, 0.25) is 0 Å². The lowest BCUT2D eigenvalue weighted by Gasteiger charge is -2.13. The van der Waals surface area contributed by atoms with Crippen LogP contribution in [0.15, 0.2) is 40.3 Å². The van der Waals surface area contributed by atoms with E-state index < -0.39 is 0 Å². The maximum Gasteiger partial charge on any atom is 0.143 e. The van der Waals surface area contributed by atoms with Crippen molar-refractivity contribution in [1.82, 2.24) is 4.98 Å². The number of rotatable bonds is 4.